The van der Waals surface area contributed by atoms with Crippen LogP contribution in [0.3, 0.4) is 0 Å². The fraction of sp³-hybridized carbons (Fsp3) is 0.0870. The number of amides is 4. The zero-order valence-corrected chi connectivity index (χ0v) is 18.4. The maximum absolute atomic E-state index is 12.8. The molecule has 0 atom stereocenters. The number of carbonyl (C=O) groups is 3. The molecule has 1 fully saturated rings. The van der Waals surface area contributed by atoms with Gasteiger partial charge in [-0.2, -0.15) is 0 Å². The number of aryl methyl sites for hydroxylation is 1. The monoisotopic (exact) mass is 468 g/mol. The highest BCUT2D eigenvalue weighted by Crippen LogP contribution is 2.23. The average Bonchev–Trinajstić information content (AvgIpc) is 3.32. The van der Waals surface area contributed by atoms with Crippen molar-refractivity contribution in [2.45, 2.75) is 6.92 Å². The molecule has 1 aromatic heterocycles. The number of nitrogens with zero attached hydrogens (tertiary/aromatic N) is 2. The fourth-order valence-electron chi connectivity index (χ4n) is 3.22. The predicted molar refractivity (Wildman–Crippen MR) is 124 cm³/mol. The van der Waals surface area contributed by atoms with Crippen molar-refractivity contribution in [2.75, 3.05) is 11.9 Å². The van der Waals surface area contributed by atoms with Crippen molar-refractivity contribution in [1.29, 1.82) is 0 Å². The van der Waals surface area contributed by atoms with Gasteiger partial charge in [0.05, 0.1) is 0 Å². The van der Waals surface area contributed by atoms with Gasteiger partial charge in [0.15, 0.2) is 0 Å². The second kappa shape index (κ2) is 8.90. The number of imide groups is 1. The van der Waals surface area contributed by atoms with Crippen LogP contribution in [0.25, 0.3) is 11.8 Å². The van der Waals surface area contributed by atoms with Crippen LogP contribution in [0.15, 0.2) is 66.5 Å². The Balaban J connectivity index is 1.50. The van der Waals surface area contributed by atoms with E-state index in [0.29, 0.717) is 21.4 Å². The van der Waals surface area contributed by atoms with E-state index in [-0.39, 0.29) is 5.70 Å². The second-order valence-electron chi connectivity index (χ2n) is 7.17. The number of halogens is 2. The highest BCUT2D eigenvalue weighted by atomic mass is 35.5. The third kappa shape index (κ3) is 4.54. The number of rotatable bonds is 5. The number of hydrogen-bond donors (Lipinski definition) is 2. The Morgan fingerprint density at radius 3 is 2.56 bits per heavy atom. The van der Waals surface area contributed by atoms with E-state index in [1.807, 2.05) is 42.0 Å². The van der Waals surface area contributed by atoms with Crippen LogP contribution in [0.2, 0.25) is 10.0 Å². The highest BCUT2D eigenvalue weighted by molar-refractivity contribution is 6.31. The van der Waals surface area contributed by atoms with Crippen molar-refractivity contribution >= 4 is 52.8 Å². The van der Waals surface area contributed by atoms with E-state index in [0.717, 1.165) is 16.2 Å². The first-order chi connectivity index (χ1) is 15.3. The van der Waals surface area contributed by atoms with Crippen LogP contribution >= 0.6 is 23.2 Å². The van der Waals surface area contributed by atoms with E-state index in [1.165, 1.54) is 0 Å². The number of benzene rings is 2. The molecule has 1 aliphatic rings. The fourth-order valence-corrected chi connectivity index (χ4v) is 3.52. The summed E-state index contributed by atoms with van der Waals surface area (Å²) in [5.41, 5.74) is 3.02. The normalized spacial score (nSPS) is 14.7. The van der Waals surface area contributed by atoms with Crippen LogP contribution in [0, 0.1) is 6.92 Å². The first kappa shape index (κ1) is 21.7. The Kier molecular flexibility index (Phi) is 6.03. The lowest BCUT2D eigenvalue weighted by Gasteiger charge is -2.12. The molecule has 2 aromatic carbocycles. The first-order valence-corrected chi connectivity index (χ1v) is 10.4. The molecule has 3 aromatic rings. The third-order valence-electron chi connectivity index (χ3n) is 4.90. The van der Waals surface area contributed by atoms with Crippen molar-refractivity contribution in [3.8, 4) is 5.69 Å². The van der Waals surface area contributed by atoms with E-state index in [4.69, 9.17) is 23.2 Å². The predicted octanol–water partition coefficient (Wildman–Crippen LogP) is 4.62. The molecule has 0 radical (unpaired) electrons. The van der Waals surface area contributed by atoms with Gasteiger partial charge in [-0.15, -0.1) is 0 Å². The molecule has 4 amide bonds. The minimum atomic E-state index is -0.663. The van der Waals surface area contributed by atoms with Gasteiger partial charge in [-0.3, -0.25) is 9.59 Å². The van der Waals surface area contributed by atoms with Crippen LogP contribution < -0.4 is 10.6 Å². The summed E-state index contributed by atoms with van der Waals surface area (Å²) in [6, 6.07) is 15.1. The van der Waals surface area contributed by atoms with Gasteiger partial charge in [0.1, 0.15) is 12.2 Å². The van der Waals surface area contributed by atoms with Crippen LogP contribution in [-0.4, -0.2) is 33.9 Å². The molecule has 32 heavy (non-hydrogen) atoms. The maximum Gasteiger partial charge on any atom is 0.329 e. The standard InChI is InChI=1S/C23H18Cl2N4O3/c1-14-4-9-18(11-19(14)25)28-10-2-3-17(28)12-20-22(31)29(23(32)27-20)13-21(30)26-16-7-5-15(24)6-8-16/h2-12H,13H2,1H3,(H,26,30)(H,27,32)/b20-12-. The first-order valence-electron chi connectivity index (χ1n) is 9.65. The van der Waals surface area contributed by atoms with Gasteiger partial charge in [0, 0.05) is 33.3 Å². The van der Waals surface area contributed by atoms with E-state index in [9.17, 15) is 14.4 Å². The lowest BCUT2D eigenvalue weighted by atomic mass is 10.2. The molecule has 1 saturated heterocycles. The number of urea groups is 1. The van der Waals surface area contributed by atoms with Crippen LogP contribution in [0.4, 0.5) is 10.5 Å². The zero-order valence-electron chi connectivity index (χ0n) is 16.9. The minimum absolute atomic E-state index is 0.0763. The number of anilines is 1. The van der Waals surface area contributed by atoms with Gasteiger partial charge in [0.2, 0.25) is 5.91 Å². The van der Waals surface area contributed by atoms with Gasteiger partial charge in [-0.1, -0.05) is 29.3 Å². The molecule has 0 unspecified atom stereocenters. The highest BCUT2D eigenvalue weighted by Gasteiger charge is 2.35. The Labute approximate surface area is 194 Å². The summed E-state index contributed by atoms with van der Waals surface area (Å²) in [6.45, 7) is 1.49. The zero-order chi connectivity index (χ0) is 22.8. The molecule has 7 nitrogen and oxygen atoms in total. The molecule has 0 aliphatic carbocycles. The molecular formula is C23H18Cl2N4O3. The topological polar surface area (TPSA) is 83.4 Å². The summed E-state index contributed by atoms with van der Waals surface area (Å²) in [5.74, 6) is -1.09. The largest absolute Gasteiger partial charge is 0.329 e. The Morgan fingerprint density at radius 1 is 1.09 bits per heavy atom. The lowest BCUT2D eigenvalue weighted by Crippen LogP contribution is -2.38. The Bertz CT molecular complexity index is 1250. The molecule has 162 valence electrons. The van der Waals surface area contributed by atoms with Gasteiger partial charge in [0.25, 0.3) is 5.91 Å². The summed E-state index contributed by atoms with van der Waals surface area (Å²) >= 11 is 12.1. The molecule has 4 rings (SSSR count). The second-order valence-corrected chi connectivity index (χ2v) is 8.01. The Hall–Kier alpha value is -3.55. The van der Waals surface area contributed by atoms with E-state index in [1.54, 1.807) is 36.4 Å². The number of nitrogens with one attached hydrogen (secondary N) is 2. The SMILES string of the molecule is Cc1ccc(-n2cccc2/C=C2\NC(=O)N(CC(=O)Nc3ccc(Cl)cc3)C2=O)cc1Cl. The minimum Gasteiger partial charge on any atom is -0.325 e. The van der Waals surface area contributed by atoms with E-state index in [2.05, 4.69) is 10.6 Å². The third-order valence-corrected chi connectivity index (χ3v) is 5.56. The molecule has 0 bridgehead atoms. The number of hydrogen-bond acceptors (Lipinski definition) is 3. The molecule has 0 saturated carbocycles. The molecule has 1 aliphatic heterocycles. The maximum atomic E-state index is 12.8. The molecule has 0 spiro atoms. The average molecular weight is 469 g/mol. The summed E-state index contributed by atoms with van der Waals surface area (Å²) in [5, 5.41) is 6.32. The van der Waals surface area contributed by atoms with Crippen molar-refractivity contribution < 1.29 is 14.4 Å². The summed E-state index contributed by atoms with van der Waals surface area (Å²) in [7, 11) is 0. The summed E-state index contributed by atoms with van der Waals surface area (Å²) < 4.78 is 1.84. The van der Waals surface area contributed by atoms with Crippen molar-refractivity contribution in [3.05, 3.63) is 87.8 Å². The van der Waals surface area contributed by atoms with Crippen molar-refractivity contribution in [3.63, 3.8) is 0 Å². The van der Waals surface area contributed by atoms with Gasteiger partial charge >= 0.3 is 6.03 Å². The lowest BCUT2D eigenvalue weighted by molar-refractivity contribution is -0.127. The van der Waals surface area contributed by atoms with Gasteiger partial charge in [-0.05, 0) is 67.1 Å². The van der Waals surface area contributed by atoms with E-state index >= 15 is 0 Å². The summed E-state index contributed by atoms with van der Waals surface area (Å²) in [4.78, 5) is 38.3. The Morgan fingerprint density at radius 2 is 1.84 bits per heavy atom. The van der Waals surface area contributed by atoms with Gasteiger partial charge < -0.3 is 15.2 Å². The smallest absolute Gasteiger partial charge is 0.325 e. The van der Waals surface area contributed by atoms with Crippen LogP contribution in [0.1, 0.15) is 11.3 Å². The van der Waals surface area contributed by atoms with Crippen LogP contribution in [-0.2, 0) is 9.59 Å². The molecule has 9 heteroatoms. The summed E-state index contributed by atoms with van der Waals surface area (Å²) in [6.07, 6.45) is 3.39. The van der Waals surface area contributed by atoms with E-state index < -0.39 is 24.4 Å². The molecule has 2 N–H and O–H groups in total. The quantitative estimate of drug-likeness (QED) is 0.423. The number of carbonyl (C=O) groups excluding carboxylic acids is 3. The van der Waals surface area contributed by atoms with Crippen LogP contribution in [0.5, 0.6) is 0 Å². The van der Waals surface area contributed by atoms with Gasteiger partial charge in [-0.25, -0.2) is 9.69 Å². The van der Waals surface area contributed by atoms with Crippen molar-refractivity contribution in [2.24, 2.45) is 0 Å². The molecular weight excluding hydrogens is 451 g/mol. The number of aromatic nitrogens is 1. The molecule has 2 heterocycles. The van der Waals surface area contributed by atoms with Crippen molar-refractivity contribution in [1.82, 2.24) is 14.8 Å².